The summed E-state index contributed by atoms with van der Waals surface area (Å²) in [6.07, 6.45) is 0.736. The van der Waals surface area contributed by atoms with Gasteiger partial charge >= 0.3 is 0 Å². The van der Waals surface area contributed by atoms with Crippen molar-refractivity contribution in [1.82, 2.24) is 15.2 Å². The fourth-order valence-corrected chi connectivity index (χ4v) is 4.47. The number of hydrogen-bond acceptors (Lipinski definition) is 7. The Bertz CT molecular complexity index is 971. The van der Waals surface area contributed by atoms with Crippen LogP contribution in [0.2, 0.25) is 0 Å². The van der Waals surface area contributed by atoms with Gasteiger partial charge in [-0.25, -0.2) is 17.8 Å². The summed E-state index contributed by atoms with van der Waals surface area (Å²) in [5.41, 5.74) is 0.329. The normalized spacial score (nSPS) is 15.3. The van der Waals surface area contributed by atoms with Crippen LogP contribution in [0, 0.1) is 12.7 Å². The molecule has 10 heteroatoms. The third-order valence-corrected chi connectivity index (χ3v) is 6.20. The lowest BCUT2D eigenvalue weighted by atomic mass is 10.2. The van der Waals surface area contributed by atoms with Crippen molar-refractivity contribution in [2.75, 3.05) is 45.1 Å². The Labute approximate surface area is 175 Å². The topological polar surface area (TPSA) is 102 Å². The molecule has 2 aromatic rings. The van der Waals surface area contributed by atoms with E-state index in [1.807, 2.05) is 0 Å². The minimum atomic E-state index is -3.75. The molecule has 1 fully saturated rings. The summed E-state index contributed by atoms with van der Waals surface area (Å²) in [6.45, 7) is 5.96. The first kappa shape index (κ1) is 22.4. The number of sulfone groups is 1. The number of nitrogens with zero attached hydrogens (tertiary/aromatic N) is 2. The van der Waals surface area contributed by atoms with Crippen LogP contribution in [0.4, 0.5) is 4.39 Å². The molecule has 0 spiro atoms. The number of carbonyl (C=O) groups is 1. The van der Waals surface area contributed by atoms with Gasteiger partial charge in [-0.1, -0.05) is 12.1 Å². The highest BCUT2D eigenvalue weighted by atomic mass is 32.2. The molecule has 1 N–H and O–H groups in total. The Morgan fingerprint density at radius 3 is 2.73 bits per heavy atom. The molecule has 1 aromatic heterocycles. The van der Waals surface area contributed by atoms with Gasteiger partial charge in [0.05, 0.1) is 30.2 Å². The Hall–Kier alpha value is -2.30. The van der Waals surface area contributed by atoms with Crippen LogP contribution >= 0.6 is 0 Å². The Balaban J connectivity index is 1.50. The van der Waals surface area contributed by atoms with E-state index in [4.69, 9.17) is 9.15 Å². The molecular formula is C20H26FN3O5S. The summed E-state index contributed by atoms with van der Waals surface area (Å²) in [5, 5.41) is 2.65. The Morgan fingerprint density at radius 2 is 2.00 bits per heavy atom. The maximum absolute atomic E-state index is 13.9. The summed E-state index contributed by atoms with van der Waals surface area (Å²) in [7, 11) is -3.75. The number of ether oxygens (including phenoxy) is 1. The van der Waals surface area contributed by atoms with Gasteiger partial charge in [0.15, 0.2) is 9.84 Å². The number of oxazole rings is 1. The lowest BCUT2D eigenvalue weighted by Crippen LogP contribution is -2.38. The Kier molecular flexibility index (Phi) is 7.57. The third-order valence-electron chi connectivity index (χ3n) is 4.78. The van der Waals surface area contributed by atoms with E-state index in [1.54, 1.807) is 19.1 Å². The van der Waals surface area contributed by atoms with Gasteiger partial charge in [-0.05, 0) is 32.0 Å². The van der Waals surface area contributed by atoms with Crippen molar-refractivity contribution in [1.29, 1.82) is 0 Å². The molecule has 0 saturated carbocycles. The fourth-order valence-electron chi connectivity index (χ4n) is 3.18. The molecular weight excluding hydrogens is 413 g/mol. The van der Waals surface area contributed by atoms with Crippen molar-refractivity contribution in [3.63, 3.8) is 0 Å². The van der Waals surface area contributed by atoms with E-state index in [0.717, 1.165) is 26.1 Å². The number of rotatable bonds is 9. The van der Waals surface area contributed by atoms with Gasteiger partial charge in [-0.2, -0.15) is 0 Å². The zero-order chi connectivity index (χ0) is 21.6. The maximum Gasteiger partial charge on any atom is 0.235 e. The second-order valence-electron chi connectivity index (χ2n) is 7.19. The molecule has 164 valence electrons. The van der Waals surface area contributed by atoms with Crippen LogP contribution in [-0.4, -0.2) is 69.4 Å². The van der Waals surface area contributed by atoms with Gasteiger partial charge in [0.25, 0.3) is 0 Å². The smallest absolute Gasteiger partial charge is 0.235 e. The predicted octanol–water partition coefficient (Wildman–Crippen LogP) is 1.54. The molecule has 1 aromatic carbocycles. The number of benzene rings is 1. The largest absolute Gasteiger partial charge is 0.441 e. The van der Waals surface area contributed by atoms with Gasteiger partial charge in [0, 0.05) is 19.6 Å². The van der Waals surface area contributed by atoms with Crippen molar-refractivity contribution < 1.29 is 26.8 Å². The molecule has 30 heavy (non-hydrogen) atoms. The summed E-state index contributed by atoms with van der Waals surface area (Å²) < 4.78 is 49.5. The number of nitrogens with one attached hydrogen (secondary N) is 1. The first-order valence-corrected chi connectivity index (χ1v) is 11.6. The zero-order valence-electron chi connectivity index (χ0n) is 16.9. The molecule has 1 amide bonds. The number of morpholine rings is 1. The standard InChI is InChI=1S/C20H26FN3O5S/c1-15-18(23-20(29-15)16-5-2-3-6-17(16)21)13-30(26,27)14-19(25)22-7-4-8-24-9-11-28-12-10-24/h2-3,5-6H,4,7-14H2,1H3,(H,22,25). The van der Waals surface area contributed by atoms with E-state index in [0.29, 0.717) is 19.8 Å². The lowest BCUT2D eigenvalue weighted by Gasteiger charge is -2.26. The van der Waals surface area contributed by atoms with Crippen LogP contribution in [0.3, 0.4) is 0 Å². The van der Waals surface area contributed by atoms with Crippen LogP contribution in [0.25, 0.3) is 11.5 Å². The average molecular weight is 440 g/mol. The molecule has 0 aliphatic carbocycles. The van der Waals surface area contributed by atoms with E-state index in [9.17, 15) is 17.6 Å². The maximum atomic E-state index is 13.9. The van der Waals surface area contributed by atoms with Crippen molar-refractivity contribution >= 4 is 15.7 Å². The van der Waals surface area contributed by atoms with Gasteiger partial charge in [-0.15, -0.1) is 0 Å². The van der Waals surface area contributed by atoms with Gasteiger partial charge in [0.1, 0.15) is 17.3 Å². The molecule has 0 bridgehead atoms. The highest BCUT2D eigenvalue weighted by Crippen LogP contribution is 2.25. The zero-order valence-corrected chi connectivity index (χ0v) is 17.7. The second-order valence-corrected chi connectivity index (χ2v) is 9.26. The van der Waals surface area contributed by atoms with Gasteiger partial charge in [0.2, 0.25) is 11.8 Å². The van der Waals surface area contributed by atoms with Gasteiger partial charge in [-0.3, -0.25) is 9.69 Å². The first-order valence-electron chi connectivity index (χ1n) is 9.82. The molecule has 0 atom stereocenters. The molecule has 0 radical (unpaired) electrons. The van der Waals surface area contributed by atoms with Crippen LogP contribution < -0.4 is 5.32 Å². The first-order chi connectivity index (χ1) is 14.3. The van der Waals surface area contributed by atoms with Gasteiger partial charge < -0.3 is 14.5 Å². The minimum absolute atomic E-state index is 0.0170. The second kappa shape index (κ2) is 10.1. The molecule has 1 aliphatic heterocycles. The molecule has 1 saturated heterocycles. The van der Waals surface area contributed by atoms with Crippen molar-refractivity contribution in [2.24, 2.45) is 0 Å². The molecule has 3 rings (SSSR count). The van der Waals surface area contributed by atoms with E-state index >= 15 is 0 Å². The number of amides is 1. The number of hydrogen-bond donors (Lipinski definition) is 1. The van der Waals surface area contributed by atoms with E-state index < -0.39 is 33.1 Å². The van der Waals surface area contributed by atoms with E-state index in [-0.39, 0.29) is 22.9 Å². The number of aryl methyl sites for hydroxylation is 1. The third kappa shape index (κ3) is 6.35. The molecule has 8 nitrogen and oxygen atoms in total. The van der Waals surface area contributed by atoms with E-state index in [1.165, 1.54) is 12.1 Å². The van der Waals surface area contributed by atoms with Crippen LogP contribution in [-0.2, 0) is 25.1 Å². The molecule has 2 heterocycles. The van der Waals surface area contributed by atoms with E-state index in [2.05, 4.69) is 15.2 Å². The monoisotopic (exact) mass is 439 g/mol. The van der Waals surface area contributed by atoms with Crippen LogP contribution in [0.5, 0.6) is 0 Å². The SMILES string of the molecule is Cc1oc(-c2ccccc2F)nc1CS(=O)(=O)CC(=O)NCCCN1CCOCC1. The fraction of sp³-hybridized carbons (Fsp3) is 0.500. The van der Waals surface area contributed by atoms with Crippen molar-refractivity contribution in [2.45, 2.75) is 19.1 Å². The van der Waals surface area contributed by atoms with Crippen LogP contribution in [0.1, 0.15) is 17.9 Å². The molecule has 1 aliphatic rings. The summed E-state index contributed by atoms with van der Waals surface area (Å²) in [4.78, 5) is 18.4. The number of halogens is 1. The summed E-state index contributed by atoms with van der Waals surface area (Å²) >= 11 is 0. The van der Waals surface area contributed by atoms with Crippen molar-refractivity contribution in [3.05, 3.63) is 41.5 Å². The lowest BCUT2D eigenvalue weighted by molar-refractivity contribution is -0.118. The summed E-state index contributed by atoms with van der Waals surface area (Å²) in [6, 6.07) is 5.95. The highest BCUT2D eigenvalue weighted by molar-refractivity contribution is 7.91. The number of carbonyl (C=O) groups excluding carboxylic acids is 1. The summed E-state index contributed by atoms with van der Waals surface area (Å²) in [5.74, 6) is -1.84. The number of aromatic nitrogens is 1. The van der Waals surface area contributed by atoms with Crippen molar-refractivity contribution in [3.8, 4) is 11.5 Å². The molecule has 0 unspecified atom stereocenters. The predicted molar refractivity (Wildman–Crippen MR) is 109 cm³/mol. The average Bonchev–Trinajstić information content (AvgIpc) is 3.05. The Morgan fingerprint density at radius 1 is 1.27 bits per heavy atom. The minimum Gasteiger partial charge on any atom is -0.441 e. The quantitative estimate of drug-likeness (QED) is 0.592. The van der Waals surface area contributed by atoms with Crippen LogP contribution in [0.15, 0.2) is 28.7 Å². The highest BCUT2D eigenvalue weighted by Gasteiger charge is 2.23.